The highest BCUT2D eigenvalue weighted by atomic mass is 16.8. The molecule has 2 aromatic carbocycles. The Kier molecular flexibility index (Phi) is 5.21. The van der Waals surface area contributed by atoms with Crippen molar-refractivity contribution in [3.63, 3.8) is 0 Å². The van der Waals surface area contributed by atoms with Crippen LogP contribution in [0.5, 0.6) is 0 Å². The Morgan fingerprint density at radius 1 is 1.15 bits per heavy atom. The monoisotopic (exact) mass is 373 g/mol. The Balaban J connectivity index is 1.97. The first-order chi connectivity index (χ1) is 12.9. The summed E-state index contributed by atoms with van der Waals surface area (Å²) in [5, 5.41) is 55.8. The largest absolute Gasteiger partial charge is 0.769 e. The van der Waals surface area contributed by atoms with Crippen molar-refractivity contribution < 1.29 is 20.3 Å². The van der Waals surface area contributed by atoms with Gasteiger partial charge in [0.15, 0.2) is 5.82 Å². The van der Waals surface area contributed by atoms with Gasteiger partial charge in [-0.1, -0.05) is 12.1 Å². The lowest BCUT2D eigenvalue weighted by molar-refractivity contribution is 0.0291. The van der Waals surface area contributed by atoms with Crippen LogP contribution < -0.4 is 15.8 Å². The number of hydrogen-bond acceptors (Lipinski definition) is 9. The van der Waals surface area contributed by atoms with Crippen molar-refractivity contribution >= 4 is 34.0 Å². The number of carbonyl (C=O) groups is 1. The normalized spacial score (nSPS) is 10.9. The third kappa shape index (κ3) is 3.81. The van der Waals surface area contributed by atoms with Crippen molar-refractivity contribution in [3.8, 4) is 0 Å². The van der Waals surface area contributed by atoms with Crippen LogP contribution in [-0.2, 0) is 6.54 Å². The molecule has 3 rings (SSSR count). The van der Waals surface area contributed by atoms with Gasteiger partial charge in [0.05, 0.1) is 24.4 Å². The fraction of sp³-hybridized carbons (Fsp3) is 0.125. The van der Waals surface area contributed by atoms with E-state index in [2.05, 4.69) is 10.4 Å². The average molecular weight is 373 g/mol. The van der Waals surface area contributed by atoms with Crippen molar-refractivity contribution in [1.29, 1.82) is 0 Å². The fourth-order valence-electron chi connectivity index (χ4n) is 2.61. The number of fused-ring (bicyclic) bond motifs is 1. The maximum absolute atomic E-state index is 12.6. The van der Waals surface area contributed by atoms with E-state index >= 15 is 0 Å². The molecule has 0 unspecified atom stereocenters. The molecule has 3 aromatic rings. The second kappa shape index (κ2) is 7.57. The van der Waals surface area contributed by atoms with Gasteiger partial charge in [-0.15, -0.1) is 5.23 Å². The quantitative estimate of drug-likeness (QED) is 0.471. The first-order valence-corrected chi connectivity index (χ1v) is 7.76. The summed E-state index contributed by atoms with van der Waals surface area (Å²) in [5.41, 5.74) is -0.294. The van der Waals surface area contributed by atoms with E-state index in [1.807, 2.05) is 0 Å². The summed E-state index contributed by atoms with van der Waals surface area (Å²) in [7, 11) is 0. The van der Waals surface area contributed by atoms with Gasteiger partial charge in [-0.05, 0) is 30.3 Å². The third-order valence-corrected chi connectivity index (χ3v) is 3.81. The van der Waals surface area contributed by atoms with Crippen molar-refractivity contribution in [2.24, 2.45) is 0 Å². The predicted octanol–water partition coefficient (Wildman–Crippen LogP) is 1.67. The van der Waals surface area contributed by atoms with E-state index in [4.69, 9.17) is 15.5 Å². The molecule has 0 radical (unpaired) electrons. The van der Waals surface area contributed by atoms with Crippen LogP contribution in [0.3, 0.4) is 0 Å². The van der Waals surface area contributed by atoms with E-state index in [1.165, 1.54) is 4.68 Å². The second-order valence-corrected chi connectivity index (χ2v) is 5.55. The van der Waals surface area contributed by atoms with Crippen molar-refractivity contribution in [1.82, 2.24) is 9.78 Å². The maximum Gasteiger partial charge on any atom is 0.257 e. The maximum atomic E-state index is 12.6. The minimum atomic E-state index is -0.755. The van der Waals surface area contributed by atoms with Crippen LogP contribution >= 0.6 is 0 Å². The Bertz CT molecular complexity index is 945. The molecule has 11 heteroatoms. The van der Waals surface area contributed by atoms with Gasteiger partial charge in [0, 0.05) is 16.6 Å². The molecule has 0 bridgehead atoms. The van der Waals surface area contributed by atoms with E-state index in [0.29, 0.717) is 10.9 Å². The summed E-state index contributed by atoms with van der Waals surface area (Å²) in [6, 6.07) is 10.0. The summed E-state index contributed by atoms with van der Waals surface area (Å²) in [6.07, 6.45) is 0. The minimum Gasteiger partial charge on any atom is -0.769 e. The highest BCUT2D eigenvalue weighted by Gasteiger charge is 2.16. The number of carbonyl (C=O) groups excluding carboxylic acids is 1. The molecule has 0 saturated heterocycles. The first kappa shape index (κ1) is 18.6. The number of aliphatic hydroxyl groups excluding tert-OH is 1. The smallest absolute Gasteiger partial charge is 0.257 e. The summed E-state index contributed by atoms with van der Waals surface area (Å²) in [6.45, 7) is 0.0808. The molecule has 11 nitrogen and oxygen atoms in total. The number of aromatic nitrogens is 2. The molecule has 0 atom stereocenters. The number of benzene rings is 2. The molecule has 1 amide bonds. The van der Waals surface area contributed by atoms with Crippen LogP contribution in [0.1, 0.15) is 10.4 Å². The molecule has 0 saturated carbocycles. The lowest BCUT2D eigenvalue weighted by atomic mass is 10.1. The zero-order valence-electron chi connectivity index (χ0n) is 13.8. The van der Waals surface area contributed by atoms with Gasteiger partial charge in [0.25, 0.3) is 5.91 Å². The molecule has 0 spiro atoms. The van der Waals surface area contributed by atoms with Gasteiger partial charge in [-0.3, -0.25) is 19.9 Å². The van der Waals surface area contributed by atoms with Crippen LogP contribution in [0.25, 0.3) is 10.9 Å². The number of nitrogens with zero attached hydrogens (tertiary/aromatic N) is 4. The zero-order valence-corrected chi connectivity index (χ0v) is 13.8. The van der Waals surface area contributed by atoms with Crippen LogP contribution in [0.4, 0.5) is 17.2 Å². The second-order valence-electron chi connectivity index (χ2n) is 5.55. The fourth-order valence-corrected chi connectivity index (χ4v) is 2.61. The summed E-state index contributed by atoms with van der Waals surface area (Å²) in [5.74, 6) is -0.511. The molecular weight excluding hydrogens is 358 g/mol. The molecule has 0 fully saturated rings. The number of nitrogens with one attached hydrogen (secondary N) is 1. The molecular formula is C16H15N5O6-2. The topological polar surface area (TPSA) is 160 Å². The van der Waals surface area contributed by atoms with E-state index < -0.39 is 16.8 Å². The van der Waals surface area contributed by atoms with Crippen molar-refractivity contribution in [2.45, 2.75) is 6.54 Å². The van der Waals surface area contributed by atoms with Crippen LogP contribution in [-0.4, -0.2) is 37.8 Å². The predicted molar refractivity (Wildman–Crippen MR) is 96.5 cm³/mol. The molecule has 0 aliphatic carbocycles. The van der Waals surface area contributed by atoms with E-state index in [-0.39, 0.29) is 35.4 Å². The van der Waals surface area contributed by atoms with Crippen LogP contribution in [0, 0.1) is 10.4 Å². The van der Waals surface area contributed by atoms with Crippen molar-refractivity contribution in [2.75, 3.05) is 22.4 Å². The highest BCUT2D eigenvalue weighted by molar-refractivity contribution is 6.08. The zero-order chi connectivity index (χ0) is 19.6. The Morgan fingerprint density at radius 2 is 1.85 bits per heavy atom. The molecule has 1 heterocycles. The van der Waals surface area contributed by atoms with Crippen LogP contribution in [0.15, 0.2) is 42.5 Å². The third-order valence-electron chi connectivity index (χ3n) is 3.81. The lowest BCUT2D eigenvalue weighted by Gasteiger charge is -2.38. The molecule has 27 heavy (non-hydrogen) atoms. The molecule has 0 aliphatic rings. The molecule has 0 aliphatic heterocycles. The number of hydrogen-bond donors (Lipinski definition) is 4. The van der Waals surface area contributed by atoms with E-state index in [0.717, 1.165) is 18.2 Å². The lowest BCUT2D eigenvalue weighted by Crippen LogP contribution is -2.17. The van der Waals surface area contributed by atoms with Gasteiger partial charge < -0.3 is 26.1 Å². The van der Waals surface area contributed by atoms with E-state index in [9.17, 15) is 15.2 Å². The standard InChI is InChI=1S/C16H15N5O6/c22-6-5-19-14-4-2-1-3-13(14)15(18-19)17-16(23)10-7-11(20(24)25)9-12(8-10)21(26)27/h1-4,7-9,22,24-25H,5-6H2,(H,17,18,23)/q-2. The minimum absolute atomic E-state index is 0.143. The Morgan fingerprint density at radius 3 is 2.52 bits per heavy atom. The highest BCUT2D eigenvalue weighted by Crippen LogP contribution is 2.26. The average Bonchev–Trinajstić information content (AvgIpc) is 2.99. The summed E-state index contributed by atoms with van der Waals surface area (Å²) < 4.78 is 1.52. The Hall–Kier alpha value is -3.22. The number of rotatable bonds is 6. The first-order valence-electron chi connectivity index (χ1n) is 7.76. The van der Waals surface area contributed by atoms with Gasteiger partial charge in [-0.2, -0.15) is 5.10 Å². The summed E-state index contributed by atoms with van der Waals surface area (Å²) in [4.78, 5) is 12.6. The van der Waals surface area contributed by atoms with Gasteiger partial charge in [0.1, 0.15) is 0 Å². The van der Waals surface area contributed by atoms with Gasteiger partial charge in [0.2, 0.25) is 0 Å². The number of para-hydroxylation sites is 1. The molecule has 142 valence electrons. The van der Waals surface area contributed by atoms with Crippen LogP contribution in [0.2, 0.25) is 0 Å². The van der Waals surface area contributed by atoms with Gasteiger partial charge >= 0.3 is 0 Å². The number of anilines is 3. The number of aliphatic hydroxyl groups is 1. The van der Waals surface area contributed by atoms with E-state index in [1.54, 1.807) is 24.3 Å². The number of amides is 1. The summed E-state index contributed by atoms with van der Waals surface area (Å²) >= 11 is 0. The van der Waals surface area contributed by atoms with Crippen molar-refractivity contribution in [3.05, 3.63) is 58.4 Å². The molecule has 4 N–H and O–H groups in total. The van der Waals surface area contributed by atoms with Gasteiger partial charge in [-0.25, -0.2) is 0 Å². The molecule has 1 aromatic heterocycles. The Labute approximate surface area is 152 Å². The SMILES string of the molecule is O=C(Nc1nn(CCO)c2ccccc12)c1cc(N([O-])[O-])cc(N(O)O)c1.